The van der Waals surface area contributed by atoms with E-state index in [1.807, 2.05) is 31.2 Å². The Morgan fingerprint density at radius 3 is 1.80 bits per heavy atom. The second-order valence-corrected chi connectivity index (χ2v) is 7.77. The Bertz CT molecular complexity index is 763. The molecule has 25 heavy (non-hydrogen) atoms. The quantitative estimate of drug-likeness (QED) is 0.261. The van der Waals surface area contributed by atoms with Crippen LogP contribution >= 0.6 is 61.1 Å². The Morgan fingerprint density at radius 2 is 1.40 bits per heavy atom. The number of rotatable bonds is 3. The zero-order valence-corrected chi connectivity index (χ0v) is 19.8. The number of hydrogen-bond acceptors (Lipinski definition) is 4. The van der Waals surface area contributed by atoms with Crippen molar-refractivity contribution in [1.82, 2.24) is 0 Å². The second kappa shape index (κ2) is 11.1. The Kier molecular flexibility index (Phi) is 9.95. The molecule has 2 aromatic carbocycles. The molecule has 0 aliphatic heterocycles. The van der Waals surface area contributed by atoms with E-state index in [-0.39, 0.29) is 11.9 Å². The fourth-order valence-corrected chi connectivity index (χ4v) is 3.97. The highest BCUT2D eigenvalue weighted by atomic mass is 127. The Balaban J connectivity index is 0.000000251. The lowest BCUT2D eigenvalue weighted by Gasteiger charge is -2.03. The third kappa shape index (κ3) is 6.86. The molecule has 0 atom stereocenters. The summed E-state index contributed by atoms with van der Waals surface area (Å²) >= 11 is 7.76. The van der Waals surface area contributed by atoms with Crippen LogP contribution in [0.3, 0.4) is 0 Å². The standard InChI is InChI=1S/C9H8BrIO2.C9H9IO2/c1-13-9(12)6-2-3-7(5-10)8(11)4-6;1-6-3-4-7(5-8(6)10)9(11)12-2/h2-4H,5H2,1H3;3-5H,1-2H3. The number of aryl methyl sites for hydroxylation is 1. The van der Waals surface area contributed by atoms with Crippen molar-refractivity contribution >= 4 is 73.1 Å². The van der Waals surface area contributed by atoms with E-state index >= 15 is 0 Å². The van der Waals surface area contributed by atoms with Gasteiger partial charge in [-0.2, -0.15) is 0 Å². The van der Waals surface area contributed by atoms with Crippen molar-refractivity contribution in [2.75, 3.05) is 14.2 Å². The summed E-state index contributed by atoms with van der Waals surface area (Å²) in [6.07, 6.45) is 0. The van der Waals surface area contributed by atoms with E-state index < -0.39 is 0 Å². The van der Waals surface area contributed by atoms with Crippen LogP contribution in [0.25, 0.3) is 0 Å². The molecule has 0 N–H and O–H groups in total. The molecule has 2 aromatic rings. The van der Waals surface area contributed by atoms with Gasteiger partial charge >= 0.3 is 11.9 Å². The van der Waals surface area contributed by atoms with E-state index in [1.54, 1.807) is 12.1 Å². The lowest BCUT2D eigenvalue weighted by molar-refractivity contribution is 0.0591. The number of hydrogen-bond donors (Lipinski definition) is 0. The molecule has 0 heterocycles. The molecule has 2 rings (SSSR count). The van der Waals surface area contributed by atoms with Crippen molar-refractivity contribution in [2.24, 2.45) is 0 Å². The van der Waals surface area contributed by atoms with E-state index in [9.17, 15) is 9.59 Å². The molecular weight excluding hydrogens is 614 g/mol. The average Bonchev–Trinajstić information content (AvgIpc) is 2.63. The van der Waals surface area contributed by atoms with Gasteiger partial charge in [0.15, 0.2) is 0 Å². The molecule has 0 bridgehead atoms. The Labute approximate surface area is 183 Å². The van der Waals surface area contributed by atoms with Gasteiger partial charge in [-0.05, 0) is 87.5 Å². The van der Waals surface area contributed by atoms with Gasteiger partial charge in [0.1, 0.15) is 0 Å². The van der Waals surface area contributed by atoms with Crippen molar-refractivity contribution in [3.05, 3.63) is 65.8 Å². The van der Waals surface area contributed by atoms with E-state index in [0.717, 1.165) is 12.5 Å². The number of halogens is 3. The molecule has 7 heteroatoms. The summed E-state index contributed by atoms with van der Waals surface area (Å²) < 4.78 is 11.3. The molecule has 0 amide bonds. The van der Waals surface area contributed by atoms with Gasteiger partial charge in [-0.25, -0.2) is 9.59 Å². The van der Waals surface area contributed by atoms with Gasteiger partial charge in [-0.1, -0.05) is 28.1 Å². The topological polar surface area (TPSA) is 52.6 Å². The molecule has 0 unspecified atom stereocenters. The number of alkyl halides is 1. The molecular formula is C18H17BrI2O4. The maximum absolute atomic E-state index is 11.1. The van der Waals surface area contributed by atoms with E-state index in [0.29, 0.717) is 11.1 Å². The maximum Gasteiger partial charge on any atom is 0.337 e. The fraction of sp³-hybridized carbons (Fsp3) is 0.222. The Morgan fingerprint density at radius 1 is 0.920 bits per heavy atom. The number of esters is 2. The van der Waals surface area contributed by atoms with Crippen molar-refractivity contribution in [1.29, 1.82) is 0 Å². The molecule has 0 aliphatic carbocycles. The summed E-state index contributed by atoms with van der Waals surface area (Å²) in [7, 11) is 2.77. The van der Waals surface area contributed by atoms with Crippen LogP contribution in [-0.2, 0) is 14.8 Å². The zero-order valence-electron chi connectivity index (χ0n) is 13.9. The number of carbonyl (C=O) groups is 2. The minimum atomic E-state index is -0.293. The number of carbonyl (C=O) groups excluding carboxylic acids is 2. The third-order valence-corrected chi connectivity index (χ3v) is 5.98. The lowest BCUT2D eigenvalue weighted by atomic mass is 10.1. The van der Waals surface area contributed by atoms with Gasteiger partial charge in [0.05, 0.1) is 25.3 Å². The van der Waals surface area contributed by atoms with Crippen molar-refractivity contribution in [3.8, 4) is 0 Å². The summed E-state index contributed by atoms with van der Waals surface area (Å²) in [5, 5.41) is 0.798. The molecule has 0 saturated heterocycles. The second-order valence-electron chi connectivity index (χ2n) is 4.89. The van der Waals surface area contributed by atoms with Gasteiger partial charge in [0, 0.05) is 12.5 Å². The molecule has 4 nitrogen and oxygen atoms in total. The number of benzene rings is 2. The van der Waals surface area contributed by atoms with Gasteiger partial charge in [0.2, 0.25) is 0 Å². The highest BCUT2D eigenvalue weighted by Crippen LogP contribution is 2.17. The zero-order chi connectivity index (χ0) is 19.0. The van der Waals surface area contributed by atoms with Crippen LogP contribution < -0.4 is 0 Å². The van der Waals surface area contributed by atoms with Gasteiger partial charge in [-0.3, -0.25) is 0 Å². The van der Waals surface area contributed by atoms with Crippen LogP contribution in [0.2, 0.25) is 0 Å². The first-order valence-electron chi connectivity index (χ1n) is 7.11. The Hall–Kier alpha value is -0.680. The van der Waals surface area contributed by atoms with Crippen LogP contribution in [0.15, 0.2) is 36.4 Å². The monoisotopic (exact) mass is 630 g/mol. The largest absolute Gasteiger partial charge is 0.465 e. The molecule has 0 aromatic heterocycles. The summed E-state index contributed by atoms with van der Waals surface area (Å²) in [5.41, 5.74) is 3.54. The SMILES string of the molecule is COC(=O)c1ccc(C)c(I)c1.COC(=O)c1ccc(CBr)c(I)c1. The lowest BCUT2D eigenvalue weighted by Crippen LogP contribution is -2.01. The van der Waals surface area contributed by atoms with Crippen molar-refractivity contribution < 1.29 is 19.1 Å². The summed E-state index contributed by atoms with van der Waals surface area (Å²) in [6, 6.07) is 11.0. The van der Waals surface area contributed by atoms with Crippen LogP contribution in [0.4, 0.5) is 0 Å². The molecule has 0 aliphatic rings. The highest BCUT2D eigenvalue weighted by molar-refractivity contribution is 14.1. The molecule has 0 saturated carbocycles. The molecule has 0 radical (unpaired) electrons. The van der Waals surface area contributed by atoms with Crippen LogP contribution in [0, 0.1) is 14.1 Å². The average molecular weight is 631 g/mol. The van der Waals surface area contributed by atoms with E-state index in [2.05, 4.69) is 70.6 Å². The van der Waals surface area contributed by atoms with Crippen LogP contribution in [-0.4, -0.2) is 26.2 Å². The van der Waals surface area contributed by atoms with E-state index in [1.165, 1.54) is 25.3 Å². The fourth-order valence-electron chi connectivity index (χ4n) is 1.74. The smallest absolute Gasteiger partial charge is 0.337 e. The first kappa shape index (κ1) is 22.4. The van der Waals surface area contributed by atoms with Crippen LogP contribution in [0.1, 0.15) is 31.8 Å². The molecule has 0 fully saturated rings. The minimum Gasteiger partial charge on any atom is -0.465 e. The summed E-state index contributed by atoms with van der Waals surface area (Å²) in [6.45, 7) is 2.00. The van der Waals surface area contributed by atoms with E-state index in [4.69, 9.17) is 0 Å². The first-order valence-corrected chi connectivity index (χ1v) is 10.4. The maximum atomic E-state index is 11.1. The molecule has 134 valence electrons. The number of ether oxygens (including phenoxy) is 2. The van der Waals surface area contributed by atoms with Crippen LogP contribution in [0.5, 0.6) is 0 Å². The third-order valence-electron chi connectivity index (χ3n) is 3.21. The minimum absolute atomic E-state index is 0.284. The normalized spacial score (nSPS) is 9.68. The highest BCUT2D eigenvalue weighted by Gasteiger charge is 2.07. The number of methoxy groups -OCH3 is 2. The van der Waals surface area contributed by atoms with Gasteiger partial charge < -0.3 is 9.47 Å². The van der Waals surface area contributed by atoms with Gasteiger partial charge in [0.25, 0.3) is 0 Å². The predicted molar refractivity (Wildman–Crippen MR) is 118 cm³/mol. The summed E-state index contributed by atoms with van der Waals surface area (Å²) in [4.78, 5) is 22.2. The first-order chi connectivity index (χ1) is 11.8. The van der Waals surface area contributed by atoms with Crippen molar-refractivity contribution in [3.63, 3.8) is 0 Å². The summed E-state index contributed by atoms with van der Waals surface area (Å²) in [5.74, 6) is -0.577. The predicted octanol–water partition coefficient (Wildman–Crippen LogP) is 5.36. The molecule has 0 spiro atoms. The van der Waals surface area contributed by atoms with Crippen molar-refractivity contribution in [2.45, 2.75) is 12.3 Å². The van der Waals surface area contributed by atoms with Gasteiger partial charge in [-0.15, -0.1) is 0 Å².